The molecule has 0 radical (unpaired) electrons. The number of aliphatic hydroxyl groups excluding tert-OH is 6. The van der Waals surface area contributed by atoms with Gasteiger partial charge in [-0.15, -0.1) is 26.0 Å². The monoisotopic (exact) mass is 346 g/mol. The van der Waals surface area contributed by atoms with E-state index in [1.165, 1.54) is 0 Å². The van der Waals surface area contributed by atoms with Crippen molar-refractivity contribution in [1.29, 1.82) is 0 Å². The lowest BCUT2D eigenvalue weighted by Crippen LogP contribution is -1.85. The van der Waals surface area contributed by atoms with E-state index in [0.717, 1.165) is 27.4 Å². The zero-order valence-electron chi connectivity index (χ0n) is 15.9. The summed E-state index contributed by atoms with van der Waals surface area (Å²) in [5, 5.41) is 44.4. The van der Waals surface area contributed by atoms with E-state index in [4.69, 9.17) is 30.6 Å². The molecule has 1 aliphatic rings. The van der Waals surface area contributed by atoms with Crippen LogP contribution in [0.5, 0.6) is 0 Å². The largest absolute Gasteiger partial charge is 0.400 e. The van der Waals surface area contributed by atoms with Crippen molar-refractivity contribution in [1.82, 2.24) is 0 Å². The molecule has 1 rings (SSSR count). The maximum Gasteiger partial charge on any atom is 0.0701 e. The Labute approximate surface area is 143 Å². The van der Waals surface area contributed by atoms with Gasteiger partial charge in [-0.1, -0.05) is 13.8 Å². The van der Waals surface area contributed by atoms with Crippen LogP contribution in [0.2, 0.25) is 0 Å². The van der Waals surface area contributed by atoms with Gasteiger partial charge in [-0.2, -0.15) is 0 Å². The van der Waals surface area contributed by atoms with Crippen LogP contribution in [-0.4, -0.2) is 84.5 Å². The van der Waals surface area contributed by atoms with Gasteiger partial charge in [0.1, 0.15) is 0 Å². The van der Waals surface area contributed by atoms with Crippen molar-refractivity contribution < 1.29 is 35.4 Å². The van der Waals surface area contributed by atoms with Gasteiger partial charge in [0.2, 0.25) is 0 Å². The van der Waals surface area contributed by atoms with Gasteiger partial charge < -0.3 is 35.4 Å². The van der Waals surface area contributed by atoms with E-state index < -0.39 is 0 Å². The van der Waals surface area contributed by atoms with Gasteiger partial charge in [0.15, 0.2) is 0 Å². The summed E-state index contributed by atoms with van der Waals surface area (Å²) in [7, 11) is 2.00. The lowest BCUT2D eigenvalue weighted by molar-refractivity contribution is 0.186. The Morgan fingerprint density at radius 2 is 0.826 bits per heavy atom. The highest BCUT2D eigenvalue weighted by atomic mass is 16.6. The quantitative estimate of drug-likeness (QED) is 0.228. The third kappa shape index (κ3) is 7310. The molecular weight excluding hydrogens is 304 g/mol. The van der Waals surface area contributed by atoms with Crippen LogP contribution in [0.1, 0.15) is 27.7 Å². The van der Waals surface area contributed by atoms with Crippen LogP contribution in [-0.2, 0) is 4.74 Å². The highest BCUT2D eigenvalue weighted by Crippen LogP contribution is 1.84. The summed E-state index contributed by atoms with van der Waals surface area (Å²) in [5.41, 5.74) is 0. The van der Waals surface area contributed by atoms with E-state index in [1.807, 2.05) is 13.8 Å². The van der Waals surface area contributed by atoms with E-state index in [1.54, 1.807) is 13.8 Å². The summed E-state index contributed by atoms with van der Waals surface area (Å²) in [5.74, 6) is 0. The molecule has 7 heteroatoms. The van der Waals surface area contributed by atoms with Gasteiger partial charge in [-0.05, 0) is 13.8 Å². The second-order valence-corrected chi connectivity index (χ2v) is 1.69. The van der Waals surface area contributed by atoms with Crippen LogP contribution in [0.3, 0.4) is 0 Å². The molecule has 7 nitrogen and oxygen atoms in total. The third-order valence-corrected chi connectivity index (χ3v) is 0.304. The van der Waals surface area contributed by atoms with Gasteiger partial charge in [0, 0.05) is 27.4 Å². The maximum absolute atomic E-state index is 7.62. The Bertz CT molecular complexity index is 83.0. The number of hydrogen-bond acceptors (Lipinski definition) is 7. The molecule has 0 unspecified atom stereocenters. The maximum atomic E-state index is 7.62. The summed E-state index contributed by atoms with van der Waals surface area (Å²) in [4.78, 5) is 0. The Morgan fingerprint density at radius 3 is 0.826 bits per heavy atom. The van der Waals surface area contributed by atoms with Crippen molar-refractivity contribution in [2.24, 2.45) is 0 Å². The second-order valence-electron chi connectivity index (χ2n) is 1.69. The van der Waals surface area contributed by atoms with Crippen molar-refractivity contribution in [2.45, 2.75) is 27.7 Å². The predicted octanol–water partition coefficient (Wildman–Crippen LogP) is 0.280. The lowest BCUT2D eigenvalue weighted by Gasteiger charge is -1.70. The van der Waals surface area contributed by atoms with E-state index in [-0.39, 0.29) is 26.4 Å². The van der Waals surface area contributed by atoms with E-state index in [2.05, 4.69) is 30.7 Å². The zero-order valence-corrected chi connectivity index (χ0v) is 15.9. The number of ether oxygens (including phenoxy) is 1. The molecular formula is C16H42O7. The first-order chi connectivity index (χ1) is 11.2. The highest BCUT2D eigenvalue weighted by molar-refractivity contribution is 4.47. The average Bonchev–Trinajstić information content (AvgIpc) is 3.54. The number of terminal acetylenes is 1. The summed E-state index contributed by atoms with van der Waals surface area (Å²) in [6.07, 6.45) is 8.00. The highest BCUT2D eigenvalue weighted by Gasteiger charge is 1.94. The van der Waals surface area contributed by atoms with Crippen LogP contribution in [0.15, 0.2) is 13.2 Å². The smallest absolute Gasteiger partial charge is 0.0701 e. The first kappa shape index (κ1) is 49.5. The lowest BCUT2D eigenvalue weighted by atomic mass is 10.8. The Morgan fingerprint density at radius 1 is 0.739 bits per heavy atom. The molecule has 148 valence electrons. The van der Waals surface area contributed by atoms with Crippen molar-refractivity contribution in [2.75, 3.05) is 53.9 Å². The van der Waals surface area contributed by atoms with Gasteiger partial charge >= 0.3 is 0 Å². The first-order valence-electron chi connectivity index (χ1n) is 6.98. The second kappa shape index (κ2) is 232. The SMILES string of the molecule is C#C.C1CO1.C=C.CC.CCO.CCO.CO.CO.OCCO. The summed E-state index contributed by atoms with van der Waals surface area (Å²) in [6.45, 7) is 15.6. The van der Waals surface area contributed by atoms with Gasteiger partial charge in [-0.3, -0.25) is 0 Å². The van der Waals surface area contributed by atoms with Crippen molar-refractivity contribution in [3.8, 4) is 12.8 Å². The van der Waals surface area contributed by atoms with Crippen LogP contribution in [0, 0.1) is 12.8 Å². The van der Waals surface area contributed by atoms with E-state index in [0.29, 0.717) is 0 Å². The molecule has 23 heavy (non-hydrogen) atoms. The Kier molecular flexibility index (Phi) is 500. The van der Waals surface area contributed by atoms with Gasteiger partial charge in [0.25, 0.3) is 0 Å². The average molecular weight is 347 g/mol. The standard InChI is InChI=1S/C2H6O2.C2H4O.2C2H6O.C2H6.C2H4.C2H2.2CH4O/c3-1-2-4;1-2-3-1;2*1-2-3;5*1-2/h3-4H,1-2H2;1-2H2;2*3H,2H2,1H3;1-2H3;1-2H2;1-2H;2*2H,1H3. The molecule has 0 spiro atoms. The molecule has 0 aromatic heterocycles. The van der Waals surface area contributed by atoms with Crippen LogP contribution < -0.4 is 0 Å². The number of aliphatic hydroxyl groups is 6. The summed E-state index contributed by atoms with van der Waals surface area (Å²) >= 11 is 0. The first-order valence-corrected chi connectivity index (χ1v) is 6.98. The van der Waals surface area contributed by atoms with Gasteiger partial charge in [0.05, 0.1) is 26.4 Å². The van der Waals surface area contributed by atoms with Crippen molar-refractivity contribution >= 4 is 0 Å². The molecule has 0 amide bonds. The molecule has 0 saturated carbocycles. The van der Waals surface area contributed by atoms with Crippen molar-refractivity contribution in [3.05, 3.63) is 13.2 Å². The molecule has 6 N–H and O–H groups in total. The van der Waals surface area contributed by atoms with Crippen LogP contribution >= 0.6 is 0 Å². The summed E-state index contributed by atoms with van der Waals surface area (Å²) in [6, 6.07) is 0. The molecule has 0 bridgehead atoms. The molecule has 0 aromatic rings. The van der Waals surface area contributed by atoms with E-state index in [9.17, 15) is 0 Å². The molecule has 0 aliphatic carbocycles. The Hall–Kier alpha value is -0.980. The molecule has 1 aliphatic heterocycles. The zero-order chi connectivity index (χ0) is 20.9. The van der Waals surface area contributed by atoms with Crippen molar-refractivity contribution in [3.63, 3.8) is 0 Å². The minimum Gasteiger partial charge on any atom is -0.400 e. The Balaban J connectivity index is -0.0000000186. The summed E-state index contributed by atoms with van der Waals surface area (Å²) < 4.78 is 4.50. The van der Waals surface area contributed by atoms with Gasteiger partial charge in [-0.25, -0.2) is 0 Å². The normalized spacial score (nSPS) is 7.04. The minimum atomic E-state index is -0.125. The molecule has 1 heterocycles. The molecule has 1 fully saturated rings. The fourth-order valence-corrected chi connectivity index (χ4v) is 0. The van der Waals surface area contributed by atoms with Crippen LogP contribution in [0.4, 0.5) is 0 Å². The molecule has 1 saturated heterocycles. The number of epoxide rings is 1. The fraction of sp³-hybridized carbons (Fsp3) is 0.750. The third-order valence-electron chi connectivity index (χ3n) is 0.304. The molecule has 0 aromatic carbocycles. The fourth-order valence-electron chi connectivity index (χ4n) is 0. The number of rotatable bonds is 1. The minimum absolute atomic E-state index is 0.125. The van der Waals surface area contributed by atoms with E-state index >= 15 is 0 Å². The van der Waals surface area contributed by atoms with Crippen LogP contribution in [0.25, 0.3) is 0 Å². The topological polar surface area (TPSA) is 134 Å². The number of hydrogen-bond donors (Lipinski definition) is 6. The molecule has 0 atom stereocenters. The predicted molar refractivity (Wildman–Crippen MR) is 99.3 cm³/mol.